The van der Waals surface area contributed by atoms with Crippen LogP contribution in [0.1, 0.15) is 45.1 Å². The molecular formula is C19H25N3O5S. The van der Waals surface area contributed by atoms with Gasteiger partial charge in [0.1, 0.15) is 10.9 Å². The minimum Gasteiger partial charge on any atom is -0.454 e. The van der Waals surface area contributed by atoms with Gasteiger partial charge >= 0.3 is 5.97 Å². The molecule has 1 fully saturated rings. The van der Waals surface area contributed by atoms with E-state index in [2.05, 4.69) is 9.71 Å². The average Bonchev–Trinajstić information content (AvgIpc) is 2.97. The first-order valence-corrected chi connectivity index (χ1v) is 10.9. The van der Waals surface area contributed by atoms with E-state index in [0.717, 1.165) is 19.3 Å². The summed E-state index contributed by atoms with van der Waals surface area (Å²) in [5.74, 6) is -0.610. The number of carbonyl (C=O) groups excluding carboxylic acids is 2. The van der Waals surface area contributed by atoms with Crippen molar-refractivity contribution in [3.8, 4) is 0 Å². The number of fused-ring (bicyclic) bond motifs is 1. The van der Waals surface area contributed by atoms with Gasteiger partial charge in [0.05, 0.1) is 0 Å². The van der Waals surface area contributed by atoms with Crippen molar-refractivity contribution in [3.05, 3.63) is 29.8 Å². The lowest BCUT2D eigenvalue weighted by molar-refractivity contribution is -0.153. The monoisotopic (exact) mass is 407 g/mol. The second-order valence-corrected chi connectivity index (χ2v) is 8.65. The van der Waals surface area contributed by atoms with E-state index in [1.54, 1.807) is 23.1 Å². The Morgan fingerprint density at radius 2 is 2.07 bits per heavy atom. The molecule has 1 aromatic carbocycles. The number of ether oxygens (including phenoxy) is 1. The number of esters is 1. The molecule has 0 radical (unpaired) electrons. The molecule has 0 unspecified atom stereocenters. The van der Waals surface area contributed by atoms with E-state index < -0.39 is 22.0 Å². The van der Waals surface area contributed by atoms with Crippen LogP contribution in [-0.4, -0.2) is 56.3 Å². The average molecular weight is 407 g/mol. The molecule has 0 spiro atoms. The van der Waals surface area contributed by atoms with Crippen molar-refractivity contribution in [3.63, 3.8) is 0 Å². The molecule has 3 rings (SSSR count). The summed E-state index contributed by atoms with van der Waals surface area (Å²) in [7, 11) is -3.77. The summed E-state index contributed by atoms with van der Waals surface area (Å²) in [5.41, 5.74) is 0.497. The van der Waals surface area contributed by atoms with E-state index >= 15 is 0 Å². The molecule has 152 valence electrons. The predicted molar refractivity (Wildman–Crippen MR) is 103 cm³/mol. The third kappa shape index (κ3) is 4.19. The van der Waals surface area contributed by atoms with Gasteiger partial charge < -0.3 is 15.0 Å². The molecule has 28 heavy (non-hydrogen) atoms. The second-order valence-electron chi connectivity index (χ2n) is 7.08. The maximum absolute atomic E-state index is 12.7. The fourth-order valence-electron chi connectivity index (χ4n) is 3.38. The third-order valence-corrected chi connectivity index (χ3v) is 6.35. The molecular weight excluding hydrogens is 382 g/mol. The number of nitrogens with one attached hydrogen (secondary N) is 1. The van der Waals surface area contributed by atoms with E-state index in [0.29, 0.717) is 18.5 Å². The molecule has 2 aliphatic rings. The van der Waals surface area contributed by atoms with Gasteiger partial charge in [-0.15, -0.1) is 4.40 Å². The number of rotatable bonds is 5. The number of carbonyl (C=O) groups is 2. The predicted octanol–water partition coefficient (Wildman–Crippen LogP) is 1.45. The third-order valence-electron chi connectivity index (χ3n) is 5.02. The highest BCUT2D eigenvalue weighted by atomic mass is 32.2. The summed E-state index contributed by atoms with van der Waals surface area (Å²) >= 11 is 0. The summed E-state index contributed by atoms with van der Waals surface area (Å²) in [6, 6.07) is 5.93. The van der Waals surface area contributed by atoms with Crippen LogP contribution in [0.25, 0.3) is 0 Å². The number of sulfonamides is 1. The van der Waals surface area contributed by atoms with Crippen molar-refractivity contribution in [1.82, 2.24) is 10.2 Å². The summed E-state index contributed by atoms with van der Waals surface area (Å²) in [6.07, 6.45) is 2.94. The van der Waals surface area contributed by atoms with E-state index in [9.17, 15) is 18.0 Å². The van der Waals surface area contributed by atoms with Gasteiger partial charge in [0, 0.05) is 18.2 Å². The number of benzene rings is 1. The highest BCUT2D eigenvalue weighted by molar-refractivity contribution is 7.90. The van der Waals surface area contributed by atoms with Crippen LogP contribution < -0.4 is 5.32 Å². The molecule has 0 bridgehead atoms. The van der Waals surface area contributed by atoms with Gasteiger partial charge in [-0.25, -0.2) is 4.79 Å². The van der Waals surface area contributed by atoms with Crippen LogP contribution in [0, 0.1) is 0 Å². The van der Waals surface area contributed by atoms with E-state index in [1.807, 2.05) is 13.8 Å². The van der Waals surface area contributed by atoms with Crippen LogP contribution in [0.2, 0.25) is 0 Å². The Morgan fingerprint density at radius 1 is 1.32 bits per heavy atom. The maximum Gasteiger partial charge on any atom is 0.329 e. The molecule has 1 N–H and O–H groups in total. The van der Waals surface area contributed by atoms with Gasteiger partial charge in [0.25, 0.3) is 15.9 Å². The van der Waals surface area contributed by atoms with Crippen LogP contribution in [0.15, 0.2) is 33.6 Å². The van der Waals surface area contributed by atoms with Gasteiger partial charge in [-0.2, -0.15) is 8.42 Å². The quantitative estimate of drug-likeness (QED) is 0.741. The molecule has 1 aromatic rings. The zero-order valence-corrected chi connectivity index (χ0v) is 16.9. The first-order valence-electron chi connectivity index (χ1n) is 9.50. The van der Waals surface area contributed by atoms with Crippen molar-refractivity contribution in [2.75, 3.05) is 13.2 Å². The molecule has 9 heteroatoms. The molecule has 2 aliphatic heterocycles. The highest BCUT2D eigenvalue weighted by Crippen LogP contribution is 2.30. The lowest BCUT2D eigenvalue weighted by Crippen LogP contribution is -2.49. The summed E-state index contributed by atoms with van der Waals surface area (Å²) in [5, 5.41) is 2.75. The minimum absolute atomic E-state index is 0.00642. The standard InChI is InChI=1S/C19H25N3O5S/c1-3-13(2)20-17(23)12-27-19(24)15-9-6-7-11-22(15)18-14-8-4-5-10-16(14)28(25,26)21-18/h4-5,8,10,13,15H,3,6-7,9,11-12H2,1-2H3,(H,20,23)/t13-,15-/m1/s1. The zero-order valence-electron chi connectivity index (χ0n) is 16.1. The summed E-state index contributed by atoms with van der Waals surface area (Å²) < 4.78 is 33.8. The Hall–Kier alpha value is -2.42. The number of nitrogens with zero attached hydrogens (tertiary/aromatic N) is 2. The lowest BCUT2D eigenvalue weighted by atomic mass is 10.0. The normalized spacial score (nSPS) is 21.4. The van der Waals surface area contributed by atoms with Crippen LogP contribution >= 0.6 is 0 Å². The van der Waals surface area contributed by atoms with Gasteiger partial charge in [-0.1, -0.05) is 19.1 Å². The van der Waals surface area contributed by atoms with Crippen LogP contribution in [0.5, 0.6) is 0 Å². The molecule has 0 aliphatic carbocycles. The Labute approximate surface area is 165 Å². The fraction of sp³-hybridized carbons (Fsp3) is 0.526. The molecule has 1 amide bonds. The second kappa shape index (κ2) is 8.30. The SMILES string of the molecule is CC[C@@H](C)NC(=O)COC(=O)[C@H]1CCCCN1C1=NS(=O)(=O)c2ccccc21. The Bertz CT molecular complexity index is 897. The number of amidine groups is 1. The van der Waals surface area contributed by atoms with Gasteiger partial charge in [0.2, 0.25) is 0 Å². The number of hydrogen-bond donors (Lipinski definition) is 1. The van der Waals surface area contributed by atoms with Crippen LogP contribution in [0.3, 0.4) is 0 Å². The van der Waals surface area contributed by atoms with E-state index in [-0.39, 0.29) is 29.3 Å². The first kappa shape index (κ1) is 20.3. The number of likely N-dealkylation sites (tertiary alicyclic amines) is 1. The fourth-order valence-corrected chi connectivity index (χ4v) is 4.59. The number of hydrogen-bond acceptors (Lipinski definition) is 6. The van der Waals surface area contributed by atoms with Crippen molar-refractivity contribution in [2.45, 2.75) is 56.5 Å². The van der Waals surface area contributed by atoms with Crippen molar-refractivity contribution in [1.29, 1.82) is 0 Å². The molecule has 2 heterocycles. The van der Waals surface area contributed by atoms with E-state index in [4.69, 9.17) is 4.74 Å². The maximum atomic E-state index is 12.7. The molecule has 1 saturated heterocycles. The lowest BCUT2D eigenvalue weighted by Gasteiger charge is -2.35. The van der Waals surface area contributed by atoms with Gasteiger partial charge in [-0.05, 0) is 44.7 Å². The smallest absolute Gasteiger partial charge is 0.329 e. The van der Waals surface area contributed by atoms with Crippen LogP contribution in [-0.2, 0) is 24.3 Å². The van der Waals surface area contributed by atoms with Gasteiger partial charge in [0.15, 0.2) is 12.4 Å². The molecule has 0 saturated carbocycles. The number of amides is 1. The Kier molecular flexibility index (Phi) is 6.02. The first-order chi connectivity index (χ1) is 13.3. The Morgan fingerprint density at radius 3 is 2.82 bits per heavy atom. The van der Waals surface area contributed by atoms with Gasteiger partial charge in [-0.3, -0.25) is 4.79 Å². The van der Waals surface area contributed by atoms with Crippen molar-refractivity contribution < 1.29 is 22.7 Å². The highest BCUT2D eigenvalue weighted by Gasteiger charge is 2.38. The topological polar surface area (TPSA) is 105 Å². The molecule has 2 atom stereocenters. The van der Waals surface area contributed by atoms with Crippen LogP contribution in [0.4, 0.5) is 0 Å². The largest absolute Gasteiger partial charge is 0.454 e. The number of piperidine rings is 1. The molecule has 8 nitrogen and oxygen atoms in total. The van der Waals surface area contributed by atoms with Crippen molar-refractivity contribution in [2.24, 2.45) is 4.40 Å². The van der Waals surface area contributed by atoms with Crippen molar-refractivity contribution >= 4 is 27.7 Å². The zero-order chi connectivity index (χ0) is 20.3. The Balaban J connectivity index is 1.75. The summed E-state index contributed by atoms with van der Waals surface area (Å²) in [4.78, 5) is 26.4. The summed E-state index contributed by atoms with van der Waals surface area (Å²) in [6.45, 7) is 3.97. The van der Waals surface area contributed by atoms with E-state index in [1.165, 1.54) is 6.07 Å². The molecule has 0 aromatic heterocycles. The minimum atomic E-state index is -3.77.